The predicted molar refractivity (Wildman–Crippen MR) is 83.7 cm³/mol. The molecule has 0 saturated carbocycles. The Morgan fingerprint density at radius 2 is 1.75 bits per heavy atom. The second-order valence-electron chi connectivity index (χ2n) is 6.09. The molecule has 0 radical (unpaired) electrons. The van der Waals surface area contributed by atoms with E-state index in [0.717, 1.165) is 6.42 Å². The van der Waals surface area contributed by atoms with Crippen molar-refractivity contribution in [1.82, 2.24) is 0 Å². The maximum Gasteiger partial charge on any atom is -0.00133 e. The van der Waals surface area contributed by atoms with Crippen LogP contribution in [0.1, 0.15) is 35.1 Å². The summed E-state index contributed by atoms with van der Waals surface area (Å²) < 4.78 is 0. The summed E-state index contributed by atoms with van der Waals surface area (Å²) in [5.74, 6) is 0. The summed E-state index contributed by atoms with van der Waals surface area (Å²) >= 11 is 0. The van der Waals surface area contributed by atoms with E-state index in [-0.39, 0.29) is 0 Å². The van der Waals surface area contributed by atoms with Crippen LogP contribution < -0.4 is 0 Å². The van der Waals surface area contributed by atoms with Crippen LogP contribution in [0, 0.1) is 0 Å². The van der Waals surface area contributed by atoms with E-state index in [9.17, 15) is 0 Å². The van der Waals surface area contributed by atoms with Gasteiger partial charge in [0.2, 0.25) is 0 Å². The smallest absolute Gasteiger partial charge is 0.00133 e. The lowest BCUT2D eigenvalue weighted by Gasteiger charge is -2.09. The van der Waals surface area contributed by atoms with Crippen LogP contribution >= 0.6 is 0 Å². The molecular weight excluding hydrogens is 240 g/mol. The van der Waals surface area contributed by atoms with Crippen LogP contribution in [0.4, 0.5) is 0 Å². The van der Waals surface area contributed by atoms with E-state index in [0.29, 0.717) is 0 Å². The van der Waals surface area contributed by atoms with Crippen molar-refractivity contribution < 1.29 is 0 Å². The van der Waals surface area contributed by atoms with Crippen LogP contribution in [0.5, 0.6) is 0 Å². The van der Waals surface area contributed by atoms with Gasteiger partial charge in [0.05, 0.1) is 0 Å². The molecule has 2 aromatic rings. The zero-order valence-corrected chi connectivity index (χ0v) is 11.4. The molecular formula is C20H16. The highest BCUT2D eigenvalue weighted by Gasteiger charge is 2.28. The normalized spacial score (nSPS) is 17.8. The molecule has 0 fully saturated rings. The Bertz CT molecular complexity index is 803. The third-order valence-electron chi connectivity index (χ3n) is 5.03. The topological polar surface area (TPSA) is 0 Å². The standard InChI is InChI=1S/C20H16/c1-3-7-16-14(6-1)12-19-18(16)10-9-15-11-13-5-2-4-8-17(13)20(15)19/h2-5,7-10H,1,6,11-12H2. The largest absolute Gasteiger partial charge is 0.0836 e. The second-order valence-corrected chi connectivity index (χ2v) is 6.09. The summed E-state index contributed by atoms with van der Waals surface area (Å²) in [5, 5.41) is 0. The molecule has 3 aliphatic rings. The first-order valence-electron chi connectivity index (χ1n) is 7.54. The SMILES string of the molecule is C1=CC2=C(CC1)Cc1c2ccc2c1-c1ccccc1C2. The number of hydrogen-bond acceptors (Lipinski definition) is 0. The fourth-order valence-corrected chi connectivity index (χ4v) is 4.13. The summed E-state index contributed by atoms with van der Waals surface area (Å²) in [7, 11) is 0. The highest BCUT2D eigenvalue weighted by molar-refractivity contribution is 5.91. The Labute approximate surface area is 119 Å². The molecule has 0 atom stereocenters. The molecule has 0 bridgehead atoms. The number of hydrogen-bond donors (Lipinski definition) is 0. The molecule has 0 saturated heterocycles. The first-order chi connectivity index (χ1) is 9.92. The summed E-state index contributed by atoms with van der Waals surface area (Å²) in [6, 6.07) is 13.6. The fourth-order valence-electron chi connectivity index (χ4n) is 4.13. The average molecular weight is 256 g/mol. The van der Waals surface area contributed by atoms with E-state index in [4.69, 9.17) is 0 Å². The minimum atomic E-state index is 1.11. The Morgan fingerprint density at radius 3 is 2.75 bits per heavy atom. The molecule has 2 aromatic carbocycles. The van der Waals surface area contributed by atoms with Crippen molar-refractivity contribution in [3.05, 3.63) is 76.4 Å². The highest BCUT2D eigenvalue weighted by Crippen LogP contribution is 2.47. The first kappa shape index (κ1) is 10.7. The molecule has 0 heteroatoms. The van der Waals surface area contributed by atoms with Crippen LogP contribution in [0.15, 0.2) is 54.1 Å². The van der Waals surface area contributed by atoms with Crippen LogP contribution in [-0.2, 0) is 12.8 Å². The van der Waals surface area contributed by atoms with Crippen LogP contribution in [0.2, 0.25) is 0 Å². The predicted octanol–water partition coefficient (Wildman–Crippen LogP) is 4.92. The molecule has 0 nitrogen and oxygen atoms in total. The van der Waals surface area contributed by atoms with Gasteiger partial charge in [0.25, 0.3) is 0 Å². The molecule has 3 aliphatic carbocycles. The Hall–Kier alpha value is -2.08. The number of benzene rings is 2. The fraction of sp³-hybridized carbons (Fsp3) is 0.200. The van der Waals surface area contributed by atoms with Gasteiger partial charge < -0.3 is 0 Å². The highest BCUT2D eigenvalue weighted by atomic mass is 14.3. The summed E-state index contributed by atoms with van der Waals surface area (Å²) in [6.07, 6.45) is 9.42. The minimum absolute atomic E-state index is 1.11. The van der Waals surface area contributed by atoms with Crippen molar-refractivity contribution in [3.63, 3.8) is 0 Å². The third kappa shape index (κ3) is 1.27. The molecule has 0 heterocycles. The van der Waals surface area contributed by atoms with E-state index < -0.39 is 0 Å². The lowest BCUT2D eigenvalue weighted by atomic mass is 9.94. The van der Waals surface area contributed by atoms with Crippen molar-refractivity contribution in [2.45, 2.75) is 25.7 Å². The van der Waals surface area contributed by atoms with E-state index >= 15 is 0 Å². The number of fused-ring (bicyclic) bond motifs is 6. The van der Waals surface area contributed by atoms with Gasteiger partial charge in [0.15, 0.2) is 0 Å². The van der Waals surface area contributed by atoms with Crippen molar-refractivity contribution in [2.75, 3.05) is 0 Å². The van der Waals surface area contributed by atoms with Crippen molar-refractivity contribution in [1.29, 1.82) is 0 Å². The van der Waals surface area contributed by atoms with E-state index in [1.165, 1.54) is 47.1 Å². The van der Waals surface area contributed by atoms with Crippen molar-refractivity contribution in [2.24, 2.45) is 0 Å². The second kappa shape index (κ2) is 3.73. The average Bonchev–Trinajstić information content (AvgIpc) is 3.04. The van der Waals surface area contributed by atoms with Crippen LogP contribution in [0.25, 0.3) is 16.7 Å². The molecule has 0 N–H and O–H groups in total. The maximum atomic E-state index is 2.36. The third-order valence-corrected chi connectivity index (χ3v) is 5.03. The molecule has 0 spiro atoms. The maximum absolute atomic E-state index is 2.36. The van der Waals surface area contributed by atoms with Gasteiger partial charge >= 0.3 is 0 Å². The number of allylic oxidation sites excluding steroid dienone is 4. The summed E-state index contributed by atoms with van der Waals surface area (Å²) in [5.41, 5.74) is 12.3. The summed E-state index contributed by atoms with van der Waals surface area (Å²) in [4.78, 5) is 0. The Balaban J connectivity index is 1.77. The summed E-state index contributed by atoms with van der Waals surface area (Å²) in [6.45, 7) is 0. The molecule has 20 heavy (non-hydrogen) atoms. The van der Waals surface area contributed by atoms with Gasteiger partial charge in [-0.25, -0.2) is 0 Å². The van der Waals surface area contributed by atoms with Gasteiger partial charge in [0.1, 0.15) is 0 Å². The van der Waals surface area contributed by atoms with Gasteiger partial charge in [-0.05, 0) is 64.6 Å². The zero-order chi connectivity index (χ0) is 13.1. The molecule has 5 rings (SSSR count). The van der Waals surface area contributed by atoms with Gasteiger partial charge in [-0.15, -0.1) is 0 Å². The van der Waals surface area contributed by atoms with Gasteiger partial charge in [0, 0.05) is 0 Å². The van der Waals surface area contributed by atoms with E-state index in [1.807, 2.05) is 0 Å². The minimum Gasteiger partial charge on any atom is -0.0836 e. The van der Waals surface area contributed by atoms with E-state index in [2.05, 4.69) is 48.6 Å². The molecule has 0 aliphatic heterocycles. The van der Waals surface area contributed by atoms with Crippen molar-refractivity contribution >= 4 is 5.57 Å². The van der Waals surface area contributed by atoms with E-state index in [1.54, 1.807) is 16.7 Å². The quantitative estimate of drug-likeness (QED) is 0.535. The lowest BCUT2D eigenvalue weighted by molar-refractivity contribution is 0.935. The molecule has 0 amide bonds. The molecule has 0 unspecified atom stereocenters. The first-order valence-corrected chi connectivity index (χ1v) is 7.54. The van der Waals surface area contributed by atoms with Crippen LogP contribution in [-0.4, -0.2) is 0 Å². The zero-order valence-electron chi connectivity index (χ0n) is 11.4. The van der Waals surface area contributed by atoms with Crippen LogP contribution in [0.3, 0.4) is 0 Å². The number of rotatable bonds is 0. The Kier molecular flexibility index (Phi) is 1.99. The van der Waals surface area contributed by atoms with Gasteiger partial charge in [-0.1, -0.05) is 54.1 Å². The van der Waals surface area contributed by atoms with Crippen molar-refractivity contribution in [3.8, 4) is 11.1 Å². The van der Waals surface area contributed by atoms with Gasteiger partial charge in [-0.2, -0.15) is 0 Å². The molecule has 96 valence electrons. The van der Waals surface area contributed by atoms with Gasteiger partial charge in [-0.3, -0.25) is 0 Å². The Morgan fingerprint density at radius 1 is 0.800 bits per heavy atom. The monoisotopic (exact) mass is 256 g/mol. The lowest BCUT2D eigenvalue weighted by Crippen LogP contribution is -1.91. The molecule has 0 aromatic heterocycles.